The van der Waals surface area contributed by atoms with Crippen molar-refractivity contribution in [3.63, 3.8) is 0 Å². The summed E-state index contributed by atoms with van der Waals surface area (Å²) in [4.78, 5) is 10.2. The van der Waals surface area contributed by atoms with Crippen molar-refractivity contribution < 1.29 is 0 Å². The van der Waals surface area contributed by atoms with Crippen LogP contribution in [0.25, 0.3) is 11.0 Å². The first-order valence-corrected chi connectivity index (χ1v) is 8.10. The van der Waals surface area contributed by atoms with Crippen LogP contribution in [-0.2, 0) is 6.54 Å². The smallest absolute Gasteiger partial charge is 0.106 e. The maximum atomic E-state index is 4.60. The number of fused-ring (bicyclic) bond motifs is 1. The van der Waals surface area contributed by atoms with Crippen molar-refractivity contribution in [2.75, 3.05) is 6.54 Å². The number of benzene rings is 1. The van der Waals surface area contributed by atoms with Crippen LogP contribution in [-0.4, -0.2) is 21.1 Å². The van der Waals surface area contributed by atoms with Crippen LogP contribution < -0.4 is 5.32 Å². The molecule has 0 saturated heterocycles. The third-order valence-electron chi connectivity index (χ3n) is 3.81. The number of thiazole rings is 1. The van der Waals surface area contributed by atoms with Crippen LogP contribution in [0.1, 0.15) is 29.4 Å². The van der Waals surface area contributed by atoms with Crippen molar-refractivity contribution in [1.82, 2.24) is 19.9 Å². The number of hydrogen-bond acceptors (Lipinski definition) is 4. The third kappa shape index (κ3) is 2.84. The number of aryl methyl sites for hydroxylation is 2. The minimum absolute atomic E-state index is 0.340. The van der Waals surface area contributed by atoms with Crippen molar-refractivity contribution >= 4 is 22.4 Å². The zero-order chi connectivity index (χ0) is 14.8. The molecule has 1 unspecified atom stereocenters. The molecule has 0 aliphatic rings. The van der Waals surface area contributed by atoms with Crippen molar-refractivity contribution in [1.29, 1.82) is 0 Å². The molecule has 5 heteroatoms. The van der Waals surface area contributed by atoms with Gasteiger partial charge in [0, 0.05) is 24.0 Å². The maximum Gasteiger partial charge on any atom is 0.106 e. The molecule has 0 bridgehead atoms. The highest BCUT2D eigenvalue weighted by Crippen LogP contribution is 2.21. The molecule has 2 heterocycles. The van der Waals surface area contributed by atoms with Gasteiger partial charge in [-0.15, -0.1) is 11.3 Å². The van der Waals surface area contributed by atoms with E-state index in [0.717, 1.165) is 30.1 Å². The molecule has 110 valence electrons. The molecular formula is C16H20N4S. The summed E-state index contributed by atoms with van der Waals surface area (Å²) >= 11 is 1.72. The van der Waals surface area contributed by atoms with E-state index in [1.165, 1.54) is 10.4 Å². The molecule has 1 N–H and O–H groups in total. The first-order valence-electron chi connectivity index (χ1n) is 7.22. The van der Waals surface area contributed by atoms with E-state index in [1.807, 2.05) is 11.6 Å². The van der Waals surface area contributed by atoms with E-state index in [2.05, 4.69) is 58.8 Å². The molecular weight excluding hydrogens is 280 g/mol. The molecule has 2 aromatic heterocycles. The van der Waals surface area contributed by atoms with Gasteiger partial charge in [0.15, 0.2) is 0 Å². The number of hydrogen-bond donors (Lipinski definition) is 1. The van der Waals surface area contributed by atoms with E-state index in [1.54, 1.807) is 11.3 Å². The fourth-order valence-corrected chi connectivity index (χ4v) is 3.53. The lowest BCUT2D eigenvalue weighted by Crippen LogP contribution is -2.23. The maximum absolute atomic E-state index is 4.60. The van der Waals surface area contributed by atoms with Crippen molar-refractivity contribution in [2.24, 2.45) is 0 Å². The Morgan fingerprint density at radius 1 is 1.29 bits per heavy atom. The number of imidazole rings is 1. The van der Waals surface area contributed by atoms with E-state index in [4.69, 9.17) is 0 Å². The quantitative estimate of drug-likeness (QED) is 0.784. The number of rotatable bonds is 5. The summed E-state index contributed by atoms with van der Waals surface area (Å²) in [6, 6.07) is 8.64. The highest BCUT2D eigenvalue weighted by atomic mass is 32.1. The van der Waals surface area contributed by atoms with Crippen LogP contribution >= 0.6 is 11.3 Å². The highest BCUT2D eigenvalue weighted by Gasteiger charge is 2.11. The normalized spacial score (nSPS) is 12.9. The zero-order valence-electron chi connectivity index (χ0n) is 12.6. The summed E-state index contributed by atoms with van der Waals surface area (Å²) in [6.45, 7) is 8.17. The van der Waals surface area contributed by atoms with E-state index in [9.17, 15) is 0 Å². The van der Waals surface area contributed by atoms with Gasteiger partial charge in [-0.1, -0.05) is 12.1 Å². The number of para-hydroxylation sites is 2. The van der Waals surface area contributed by atoms with Gasteiger partial charge in [-0.3, -0.25) is 0 Å². The molecule has 0 aliphatic carbocycles. The molecule has 1 aromatic carbocycles. The average molecular weight is 300 g/mol. The van der Waals surface area contributed by atoms with Gasteiger partial charge in [0.05, 0.1) is 22.2 Å². The Bertz CT molecular complexity index is 744. The summed E-state index contributed by atoms with van der Waals surface area (Å²) < 4.78 is 2.27. The van der Waals surface area contributed by atoms with Gasteiger partial charge in [0.2, 0.25) is 0 Å². The van der Waals surface area contributed by atoms with Crippen LogP contribution in [0.2, 0.25) is 0 Å². The topological polar surface area (TPSA) is 42.7 Å². The second kappa shape index (κ2) is 5.95. The molecule has 3 rings (SSSR count). The number of nitrogens with one attached hydrogen (secondary N) is 1. The van der Waals surface area contributed by atoms with Crippen LogP contribution in [0.3, 0.4) is 0 Å². The first-order chi connectivity index (χ1) is 10.2. The van der Waals surface area contributed by atoms with Gasteiger partial charge < -0.3 is 9.88 Å². The van der Waals surface area contributed by atoms with Gasteiger partial charge >= 0.3 is 0 Å². The first kappa shape index (κ1) is 14.2. The molecule has 0 spiro atoms. The van der Waals surface area contributed by atoms with Gasteiger partial charge in [0.25, 0.3) is 0 Å². The highest BCUT2D eigenvalue weighted by molar-refractivity contribution is 7.09. The Hall–Kier alpha value is -1.72. The monoisotopic (exact) mass is 300 g/mol. The van der Waals surface area contributed by atoms with Crippen LogP contribution in [0.5, 0.6) is 0 Å². The average Bonchev–Trinajstić information content (AvgIpc) is 3.03. The van der Waals surface area contributed by atoms with Crippen LogP contribution in [0, 0.1) is 13.8 Å². The zero-order valence-corrected chi connectivity index (χ0v) is 13.4. The molecule has 0 amide bonds. The van der Waals surface area contributed by atoms with E-state index < -0.39 is 0 Å². The van der Waals surface area contributed by atoms with Gasteiger partial charge in [-0.2, -0.15) is 0 Å². The predicted molar refractivity (Wildman–Crippen MR) is 87.7 cm³/mol. The predicted octanol–water partition coefficient (Wildman–Crippen LogP) is 3.46. The lowest BCUT2D eigenvalue weighted by atomic mass is 10.2. The second-order valence-electron chi connectivity index (χ2n) is 5.28. The Labute approximate surface area is 128 Å². The molecule has 3 aromatic rings. The third-order valence-corrected chi connectivity index (χ3v) is 4.92. The Kier molecular flexibility index (Phi) is 4.03. The number of nitrogens with zero attached hydrogens (tertiary/aromatic N) is 3. The standard InChI is InChI=1S/C16H20N4S/c1-11(16-12(2)18-10-21-16)17-8-9-20-13(3)19-14-6-4-5-7-15(14)20/h4-7,10-11,17H,8-9H2,1-3H3. The molecule has 0 fully saturated rings. The fraction of sp³-hybridized carbons (Fsp3) is 0.375. The molecule has 0 radical (unpaired) electrons. The van der Waals surface area contributed by atoms with E-state index >= 15 is 0 Å². The summed E-state index contributed by atoms with van der Waals surface area (Å²) in [6.07, 6.45) is 0. The van der Waals surface area contributed by atoms with Crippen molar-refractivity contribution in [3.8, 4) is 0 Å². The van der Waals surface area contributed by atoms with Gasteiger partial charge in [-0.05, 0) is 32.9 Å². The van der Waals surface area contributed by atoms with E-state index in [0.29, 0.717) is 6.04 Å². The molecule has 4 nitrogen and oxygen atoms in total. The summed E-state index contributed by atoms with van der Waals surface area (Å²) in [5.41, 5.74) is 5.32. The largest absolute Gasteiger partial charge is 0.327 e. The van der Waals surface area contributed by atoms with Gasteiger partial charge in [0.1, 0.15) is 5.82 Å². The molecule has 21 heavy (non-hydrogen) atoms. The lowest BCUT2D eigenvalue weighted by Gasteiger charge is -2.14. The lowest BCUT2D eigenvalue weighted by molar-refractivity contribution is 0.534. The molecule has 1 atom stereocenters. The Morgan fingerprint density at radius 3 is 2.86 bits per heavy atom. The van der Waals surface area contributed by atoms with Crippen molar-refractivity contribution in [2.45, 2.75) is 33.4 Å². The number of aromatic nitrogens is 3. The summed E-state index contributed by atoms with van der Waals surface area (Å²) in [5.74, 6) is 1.07. The minimum Gasteiger partial charge on any atom is -0.327 e. The summed E-state index contributed by atoms with van der Waals surface area (Å²) in [7, 11) is 0. The summed E-state index contributed by atoms with van der Waals surface area (Å²) in [5, 5.41) is 3.58. The fourth-order valence-electron chi connectivity index (χ4n) is 2.69. The Morgan fingerprint density at radius 2 is 2.10 bits per heavy atom. The minimum atomic E-state index is 0.340. The Balaban J connectivity index is 1.67. The van der Waals surface area contributed by atoms with E-state index in [-0.39, 0.29) is 0 Å². The van der Waals surface area contributed by atoms with Crippen LogP contribution in [0.15, 0.2) is 29.8 Å². The second-order valence-corrected chi connectivity index (χ2v) is 6.16. The SMILES string of the molecule is Cc1ncsc1C(C)NCCn1c(C)nc2ccccc21. The van der Waals surface area contributed by atoms with Crippen LogP contribution in [0.4, 0.5) is 0 Å². The van der Waals surface area contributed by atoms with Gasteiger partial charge in [-0.25, -0.2) is 9.97 Å². The molecule has 0 aliphatic heterocycles. The molecule has 0 saturated carbocycles. The van der Waals surface area contributed by atoms with Crippen molar-refractivity contribution in [3.05, 3.63) is 46.2 Å².